The Morgan fingerprint density at radius 2 is 1.78 bits per heavy atom. The van der Waals surface area contributed by atoms with E-state index in [-0.39, 0.29) is 18.0 Å². The number of aromatic nitrogens is 1. The molecule has 1 saturated heterocycles. The molecule has 1 aromatic heterocycles. The Morgan fingerprint density at radius 1 is 1.08 bits per heavy atom. The third kappa shape index (κ3) is 5.62. The highest BCUT2D eigenvalue weighted by atomic mass is 16.5. The van der Waals surface area contributed by atoms with Crippen LogP contribution in [-0.4, -0.2) is 51.1 Å². The van der Waals surface area contributed by atoms with Crippen LogP contribution in [0.1, 0.15) is 21.5 Å². The van der Waals surface area contributed by atoms with Crippen LogP contribution in [0.4, 0.5) is 15.3 Å². The first-order chi connectivity index (χ1) is 17.8. The molecule has 0 radical (unpaired) electrons. The van der Waals surface area contributed by atoms with Gasteiger partial charge in [0.25, 0.3) is 5.91 Å². The van der Waals surface area contributed by atoms with Gasteiger partial charge < -0.3 is 10.1 Å². The standard InChI is InChI=1S/C24H25N9O4/c1-15-3-5-16(6-4-15)14-32-22(33(26)24(36)31(2)23(32)35)28-18-8-10-19(11-9-18)37-20-12-7-17(13-27-20)21(34)29-30-25/h3-13,22,28H,14,26H2,1-2H3,(H2,25,29,34). The molecule has 2 heterocycles. The number of imide groups is 1. The Labute approximate surface area is 212 Å². The number of carbonyl (C=O) groups is 3. The van der Waals surface area contributed by atoms with Gasteiger partial charge in [-0.05, 0) is 42.8 Å². The minimum Gasteiger partial charge on any atom is -0.439 e. The maximum Gasteiger partial charge on any atom is 0.345 e. The molecule has 0 aliphatic carbocycles. The van der Waals surface area contributed by atoms with E-state index in [4.69, 9.17) is 16.1 Å². The summed E-state index contributed by atoms with van der Waals surface area (Å²) in [5.74, 6) is 6.25. The zero-order chi connectivity index (χ0) is 26.5. The summed E-state index contributed by atoms with van der Waals surface area (Å²) in [6.07, 6.45) is 0.373. The van der Waals surface area contributed by atoms with E-state index in [1.54, 1.807) is 24.3 Å². The number of anilines is 1. The lowest BCUT2D eigenvalue weighted by Crippen LogP contribution is -2.69. The molecule has 13 heteroatoms. The third-order valence-corrected chi connectivity index (χ3v) is 5.60. The second-order valence-corrected chi connectivity index (χ2v) is 8.23. The van der Waals surface area contributed by atoms with Gasteiger partial charge in [-0.25, -0.2) is 35.8 Å². The molecule has 0 spiro atoms. The van der Waals surface area contributed by atoms with Crippen LogP contribution >= 0.6 is 0 Å². The molecule has 0 saturated carbocycles. The van der Waals surface area contributed by atoms with E-state index in [1.165, 1.54) is 30.3 Å². The molecule has 1 unspecified atom stereocenters. The molecule has 1 atom stereocenters. The quantitative estimate of drug-likeness (QED) is 0.158. The number of urea groups is 2. The van der Waals surface area contributed by atoms with Crippen molar-refractivity contribution in [2.45, 2.75) is 19.8 Å². The Bertz CT molecular complexity index is 1300. The second kappa shape index (κ2) is 10.7. The summed E-state index contributed by atoms with van der Waals surface area (Å²) in [7, 11) is 1.38. The Kier molecular flexibility index (Phi) is 7.25. The van der Waals surface area contributed by atoms with Crippen LogP contribution in [0.5, 0.6) is 11.6 Å². The maximum atomic E-state index is 13.0. The molecule has 5 amide bonds. The van der Waals surface area contributed by atoms with E-state index in [9.17, 15) is 14.4 Å². The van der Waals surface area contributed by atoms with Crippen molar-refractivity contribution in [2.24, 2.45) is 11.1 Å². The fourth-order valence-electron chi connectivity index (χ4n) is 3.58. The van der Waals surface area contributed by atoms with Crippen molar-refractivity contribution in [3.63, 3.8) is 0 Å². The van der Waals surface area contributed by atoms with Crippen molar-refractivity contribution in [3.05, 3.63) is 83.6 Å². The highest BCUT2D eigenvalue weighted by molar-refractivity contribution is 5.96. The molecule has 0 bridgehead atoms. The van der Waals surface area contributed by atoms with Gasteiger partial charge in [-0.2, -0.15) is 5.53 Å². The fraction of sp³-hybridized carbons (Fsp3) is 0.167. The summed E-state index contributed by atoms with van der Waals surface area (Å²) in [6, 6.07) is 16.4. The van der Waals surface area contributed by atoms with E-state index in [2.05, 4.69) is 15.5 Å². The summed E-state index contributed by atoms with van der Waals surface area (Å²) in [4.78, 5) is 43.6. The lowest BCUT2D eigenvalue weighted by Gasteiger charge is -2.44. The second-order valence-electron chi connectivity index (χ2n) is 8.23. The average molecular weight is 504 g/mol. The molecule has 13 nitrogen and oxygen atoms in total. The fourth-order valence-corrected chi connectivity index (χ4v) is 3.58. The number of carbonyl (C=O) groups excluding carboxylic acids is 3. The van der Waals surface area contributed by atoms with Gasteiger partial charge in [-0.1, -0.05) is 35.1 Å². The number of amides is 5. The molecular weight excluding hydrogens is 478 g/mol. The number of hydrogen-bond donors (Lipinski definition) is 4. The van der Waals surface area contributed by atoms with Crippen molar-refractivity contribution in [3.8, 4) is 11.6 Å². The zero-order valence-corrected chi connectivity index (χ0v) is 20.1. The van der Waals surface area contributed by atoms with Crippen molar-refractivity contribution < 1.29 is 19.1 Å². The van der Waals surface area contributed by atoms with E-state index < -0.39 is 24.3 Å². The predicted octanol–water partition coefficient (Wildman–Crippen LogP) is 3.42. The Morgan fingerprint density at radius 3 is 2.41 bits per heavy atom. The van der Waals surface area contributed by atoms with E-state index >= 15 is 0 Å². The first-order valence-electron chi connectivity index (χ1n) is 11.1. The van der Waals surface area contributed by atoms with Crippen LogP contribution in [0.3, 0.4) is 0 Å². The smallest absolute Gasteiger partial charge is 0.345 e. The summed E-state index contributed by atoms with van der Waals surface area (Å²) in [5.41, 5.74) is 11.5. The maximum absolute atomic E-state index is 13.0. The number of nitrogens with zero attached hydrogens (tertiary/aromatic N) is 5. The number of rotatable bonds is 8. The van der Waals surface area contributed by atoms with Crippen LogP contribution in [-0.2, 0) is 6.54 Å². The number of benzene rings is 2. The lowest BCUT2D eigenvalue weighted by molar-refractivity contribution is 0.0438. The number of aryl methyl sites for hydroxylation is 1. The molecule has 4 rings (SSSR count). The molecule has 2 aromatic carbocycles. The minimum absolute atomic E-state index is 0.228. The molecule has 5 N–H and O–H groups in total. The van der Waals surface area contributed by atoms with Crippen LogP contribution in [0.25, 0.3) is 0 Å². The summed E-state index contributed by atoms with van der Waals surface area (Å²) < 4.78 is 5.71. The molecular formula is C24H25N9O4. The van der Waals surface area contributed by atoms with Crippen LogP contribution in [0.15, 0.2) is 72.1 Å². The number of nitrogens with two attached hydrogens (primary N) is 1. The molecule has 37 heavy (non-hydrogen) atoms. The van der Waals surface area contributed by atoms with E-state index in [0.29, 0.717) is 11.4 Å². The predicted molar refractivity (Wildman–Crippen MR) is 132 cm³/mol. The highest BCUT2D eigenvalue weighted by Crippen LogP contribution is 2.25. The first kappa shape index (κ1) is 25.1. The van der Waals surface area contributed by atoms with Gasteiger partial charge >= 0.3 is 12.1 Å². The first-order valence-corrected chi connectivity index (χ1v) is 11.1. The van der Waals surface area contributed by atoms with Crippen LogP contribution in [0, 0.1) is 12.5 Å². The SMILES string of the molecule is Cc1ccc(CN2C(=O)N(C)C(=O)N(N)C2Nc2ccc(Oc3ccc(C(=O)NN=N)cn3)cc2)cc1. The third-order valence-electron chi connectivity index (χ3n) is 5.60. The van der Waals surface area contributed by atoms with E-state index in [1.807, 2.05) is 36.6 Å². The number of hydrazine groups is 1. The van der Waals surface area contributed by atoms with Crippen LogP contribution < -0.4 is 21.3 Å². The van der Waals surface area contributed by atoms with Gasteiger partial charge in [0.1, 0.15) is 5.75 Å². The van der Waals surface area contributed by atoms with Crippen molar-refractivity contribution >= 4 is 23.7 Å². The largest absolute Gasteiger partial charge is 0.439 e. The normalized spacial score (nSPS) is 15.4. The molecule has 3 aromatic rings. The Balaban J connectivity index is 1.47. The summed E-state index contributed by atoms with van der Waals surface area (Å²) in [5, 5.41) is 6.93. The minimum atomic E-state index is -0.930. The van der Waals surface area contributed by atoms with Crippen molar-refractivity contribution in [1.82, 2.24) is 25.2 Å². The summed E-state index contributed by atoms with van der Waals surface area (Å²) >= 11 is 0. The van der Waals surface area contributed by atoms with Gasteiger partial charge in [0.2, 0.25) is 12.2 Å². The lowest BCUT2D eigenvalue weighted by atomic mass is 10.1. The average Bonchev–Trinajstić information content (AvgIpc) is 2.91. The van der Waals surface area contributed by atoms with Gasteiger partial charge in [0, 0.05) is 25.0 Å². The van der Waals surface area contributed by atoms with Crippen molar-refractivity contribution in [2.75, 3.05) is 12.4 Å². The number of pyridine rings is 1. The Hall–Kier alpha value is -5.04. The van der Waals surface area contributed by atoms with Gasteiger partial charge in [0.05, 0.1) is 12.1 Å². The number of nitrogens with one attached hydrogen (secondary N) is 3. The van der Waals surface area contributed by atoms with Gasteiger partial charge in [0.15, 0.2) is 0 Å². The summed E-state index contributed by atoms with van der Waals surface area (Å²) in [6.45, 7) is 2.21. The van der Waals surface area contributed by atoms with Crippen LogP contribution in [0.2, 0.25) is 0 Å². The van der Waals surface area contributed by atoms with Gasteiger partial charge in [-0.3, -0.25) is 9.69 Å². The monoisotopic (exact) mass is 503 g/mol. The zero-order valence-electron chi connectivity index (χ0n) is 20.1. The molecule has 1 aliphatic rings. The van der Waals surface area contributed by atoms with E-state index in [0.717, 1.165) is 21.0 Å². The highest BCUT2D eigenvalue weighted by Gasteiger charge is 2.41. The van der Waals surface area contributed by atoms with Crippen molar-refractivity contribution in [1.29, 1.82) is 5.53 Å². The van der Waals surface area contributed by atoms with Gasteiger partial charge in [-0.15, -0.1) is 0 Å². The topological polar surface area (TPSA) is 169 Å². The molecule has 1 fully saturated rings. The molecule has 190 valence electrons. The molecule has 1 aliphatic heterocycles. The number of hydrogen-bond acceptors (Lipinski definition) is 9. The number of ether oxygens (including phenoxy) is 1.